The molecule has 1 aromatic rings. The fraction of sp³-hybridized carbons (Fsp3) is 0.588. The standard InChI is InChI=1S/C17H24F3N3O3/c18-17(19,20)26-15-4-2-13(3-5-15)10-23-16(21)22-7-1-8-24-11-14-6-9-25-12-14/h2-5,14H,1,6-12H2,(H3,21,22,23). The number of guanidine groups is 1. The van der Waals surface area contributed by atoms with Gasteiger partial charge in [0.25, 0.3) is 0 Å². The van der Waals surface area contributed by atoms with E-state index in [0.717, 1.165) is 38.2 Å². The number of halogens is 3. The van der Waals surface area contributed by atoms with Gasteiger partial charge in [-0.25, -0.2) is 4.99 Å². The van der Waals surface area contributed by atoms with Crippen molar-refractivity contribution in [3.8, 4) is 5.75 Å². The summed E-state index contributed by atoms with van der Waals surface area (Å²) in [7, 11) is 0. The number of nitrogens with zero attached hydrogens (tertiary/aromatic N) is 1. The molecule has 1 aliphatic heterocycles. The monoisotopic (exact) mass is 375 g/mol. The van der Waals surface area contributed by atoms with Crippen molar-refractivity contribution in [3.63, 3.8) is 0 Å². The van der Waals surface area contributed by atoms with E-state index in [2.05, 4.69) is 15.0 Å². The van der Waals surface area contributed by atoms with Crippen molar-refractivity contribution in [1.82, 2.24) is 5.32 Å². The predicted octanol–water partition coefficient (Wildman–Crippen LogP) is 2.43. The van der Waals surface area contributed by atoms with Crippen LogP contribution in [0.1, 0.15) is 18.4 Å². The van der Waals surface area contributed by atoms with Crippen LogP contribution in [0, 0.1) is 5.92 Å². The molecule has 1 heterocycles. The van der Waals surface area contributed by atoms with Gasteiger partial charge in [-0.1, -0.05) is 12.1 Å². The zero-order valence-electron chi connectivity index (χ0n) is 14.4. The van der Waals surface area contributed by atoms with Gasteiger partial charge in [-0.3, -0.25) is 0 Å². The number of nitrogens with one attached hydrogen (secondary N) is 1. The molecule has 0 aliphatic carbocycles. The molecule has 0 spiro atoms. The molecule has 0 amide bonds. The molecule has 26 heavy (non-hydrogen) atoms. The molecular weight excluding hydrogens is 351 g/mol. The van der Waals surface area contributed by atoms with Gasteiger partial charge in [0.2, 0.25) is 0 Å². The lowest BCUT2D eigenvalue weighted by Gasteiger charge is -2.10. The van der Waals surface area contributed by atoms with Crippen LogP contribution in [0.15, 0.2) is 29.3 Å². The maximum Gasteiger partial charge on any atom is 0.573 e. The summed E-state index contributed by atoms with van der Waals surface area (Å²) in [5, 5.41) is 2.97. The Balaban J connectivity index is 1.58. The quantitative estimate of drug-likeness (QED) is 0.394. The Kier molecular flexibility index (Phi) is 7.99. The number of hydrogen-bond acceptors (Lipinski definition) is 4. The van der Waals surface area contributed by atoms with E-state index in [-0.39, 0.29) is 18.3 Å². The molecule has 146 valence electrons. The maximum absolute atomic E-state index is 12.1. The zero-order valence-corrected chi connectivity index (χ0v) is 14.4. The topological polar surface area (TPSA) is 78.1 Å². The van der Waals surface area contributed by atoms with Crippen molar-refractivity contribution in [3.05, 3.63) is 29.8 Å². The molecule has 3 N–H and O–H groups in total. The Morgan fingerprint density at radius 3 is 2.73 bits per heavy atom. The smallest absolute Gasteiger partial charge is 0.406 e. The summed E-state index contributed by atoms with van der Waals surface area (Å²) in [5.74, 6) is 0.521. The minimum Gasteiger partial charge on any atom is -0.406 e. The van der Waals surface area contributed by atoms with Gasteiger partial charge in [-0.05, 0) is 30.5 Å². The zero-order chi connectivity index (χ0) is 18.8. The van der Waals surface area contributed by atoms with Gasteiger partial charge in [0.05, 0.1) is 19.8 Å². The van der Waals surface area contributed by atoms with Crippen molar-refractivity contribution in [2.24, 2.45) is 16.6 Å². The summed E-state index contributed by atoms with van der Waals surface area (Å²) >= 11 is 0. The summed E-state index contributed by atoms with van der Waals surface area (Å²) in [6.07, 6.45) is -2.84. The van der Waals surface area contributed by atoms with E-state index in [1.54, 1.807) is 0 Å². The summed E-state index contributed by atoms with van der Waals surface area (Å²) in [6.45, 7) is 3.86. The molecule has 2 rings (SSSR count). The molecule has 1 aromatic carbocycles. The Morgan fingerprint density at radius 1 is 1.31 bits per heavy atom. The highest BCUT2D eigenvalue weighted by Crippen LogP contribution is 2.22. The molecule has 1 fully saturated rings. The number of alkyl halides is 3. The molecule has 6 nitrogen and oxygen atoms in total. The summed E-state index contributed by atoms with van der Waals surface area (Å²) in [6, 6.07) is 5.51. The van der Waals surface area contributed by atoms with E-state index < -0.39 is 6.36 Å². The highest BCUT2D eigenvalue weighted by atomic mass is 19.4. The minimum atomic E-state index is -4.69. The number of ether oxygens (including phenoxy) is 3. The van der Waals surface area contributed by atoms with Crippen molar-refractivity contribution in [2.75, 3.05) is 33.0 Å². The van der Waals surface area contributed by atoms with Crippen LogP contribution in [0.5, 0.6) is 5.75 Å². The first-order chi connectivity index (χ1) is 12.4. The maximum atomic E-state index is 12.1. The van der Waals surface area contributed by atoms with E-state index in [0.29, 0.717) is 19.1 Å². The summed E-state index contributed by atoms with van der Waals surface area (Å²) < 4.78 is 50.9. The minimum absolute atomic E-state index is 0.263. The lowest BCUT2D eigenvalue weighted by Crippen LogP contribution is -2.33. The molecule has 0 aromatic heterocycles. The van der Waals surface area contributed by atoms with Gasteiger partial charge in [0.15, 0.2) is 5.96 Å². The number of rotatable bonds is 9. The number of benzene rings is 1. The van der Waals surface area contributed by atoms with E-state index in [1.165, 1.54) is 24.3 Å². The van der Waals surface area contributed by atoms with Gasteiger partial charge < -0.3 is 25.3 Å². The van der Waals surface area contributed by atoms with Crippen molar-refractivity contribution in [1.29, 1.82) is 0 Å². The van der Waals surface area contributed by atoms with Crippen LogP contribution in [-0.4, -0.2) is 45.3 Å². The van der Waals surface area contributed by atoms with Crippen LogP contribution in [0.2, 0.25) is 0 Å². The molecule has 1 unspecified atom stereocenters. The molecule has 0 saturated carbocycles. The van der Waals surface area contributed by atoms with Crippen LogP contribution in [-0.2, 0) is 16.0 Å². The van der Waals surface area contributed by atoms with Gasteiger partial charge in [0, 0.05) is 25.7 Å². The third-order valence-corrected chi connectivity index (χ3v) is 3.74. The third-order valence-electron chi connectivity index (χ3n) is 3.74. The van der Waals surface area contributed by atoms with Crippen LogP contribution >= 0.6 is 0 Å². The lowest BCUT2D eigenvalue weighted by molar-refractivity contribution is -0.274. The second-order valence-electron chi connectivity index (χ2n) is 5.98. The summed E-state index contributed by atoms with van der Waals surface area (Å²) in [4.78, 5) is 4.14. The fourth-order valence-corrected chi connectivity index (χ4v) is 2.38. The molecule has 0 radical (unpaired) electrons. The van der Waals surface area contributed by atoms with Gasteiger partial charge in [-0.2, -0.15) is 0 Å². The summed E-state index contributed by atoms with van der Waals surface area (Å²) in [5.41, 5.74) is 6.49. The average molecular weight is 375 g/mol. The molecule has 1 atom stereocenters. The first kappa shape index (κ1) is 20.3. The van der Waals surface area contributed by atoms with E-state index >= 15 is 0 Å². The third kappa shape index (κ3) is 8.39. The molecule has 0 bridgehead atoms. The Bertz CT molecular complexity index is 559. The first-order valence-electron chi connectivity index (χ1n) is 8.46. The van der Waals surface area contributed by atoms with Gasteiger partial charge >= 0.3 is 6.36 Å². The second-order valence-corrected chi connectivity index (χ2v) is 5.98. The van der Waals surface area contributed by atoms with E-state index in [1.807, 2.05) is 0 Å². The highest BCUT2D eigenvalue weighted by Gasteiger charge is 2.30. The number of aliphatic imine (C=N–C) groups is 1. The van der Waals surface area contributed by atoms with Crippen molar-refractivity contribution >= 4 is 5.96 Å². The Morgan fingerprint density at radius 2 is 2.08 bits per heavy atom. The van der Waals surface area contributed by atoms with Gasteiger partial charge in [-0.15, -0.1) is 13.2 Å². The predicted molar refractivity (Wildman–Crippen MR) is 90.8 cm³/mol. The normalized spacial score (nSPS) is 18.1. The SMILES string of the molecule is NC(=NCc1ccc(OC(F)(F)F)cc1)NCCCOCC1CCOC1. The fourth-order valence-electron chi connectivity index (χ4n) is 2.38. The largest absolute Gasteiger partial charge is 0.573 e. The Hall–Kier alpha value is -2.00. The van der Waals surface area contributed by atoms with Crippen LogP contribution in [0.25, 0.3) is 0 Å². The van der Waals surface area contributed by atoms with Crippen molar-refractivity contribution in [2.45, 2.75) is 25.7 Å². The highest BCUT2D eigenvalue weighted by molar-refractivity contribution is 5.77. The van der Waals surface area contributed by atoms with Crippen LogP contribution in [0.4, 0.5) is 13.2 Å². The first-order valence-corrected chi connectivity index (χ1v) is 8.46. The van der Waals surface area contributed by atoms with E-state index in [9.17, 15) is 13.2 Å². The van der Waals surface area contributed by atoms with Crippen LogP contribution in [0.3, 0.4) is 0 Å². The van der Waals surface area contributed by atoms with Gasteiger partial charge in [0.1, 0.15) is 5.75 Å². The molecule has 1 aliphatic rings. The molecule has 9 heteroatoms. The Labute approximate surface area is 150 Å². The van der Waals surface area contributed by atoms with Crippen molar-refractivity contribution < 1.29 is 27.4 Å². The second kappa shape index (κ2) is 10.2. The van der Waals surface area contributed by atoms with E-state index in [4.69, 9.17) is 15.2 Å². The molecular formula is C17H24F3N3O3. The average Bonchev–Trinajstić information content (AvgIpc) is 3.09. The number of nitrogens with two attached hydrogens (primary N) is 1. The number of hydrogen-bond donors (Lipinski definition) is 2. The molecule has 1 saturated heterocycles. The lowest BCUT2D eigenvalue weighted by atomic mass is 10.1. The van der Waals surface area contributed by atoms with Crippen LogP contribution < -0.4 is 15.8 Å².